The third-order valence-corrected chi connectivity index (χ3v) is 6.98. The quantitative estimate of drug-likeness (QED) is 0.161. The Kier molecular flexibility index (Phi) is 12.3. The van der Waals surface area contributed by atoms with Crippen LogP contribution in [0.15, 0.2) is 0 Å². The first-order chi connectivity index (χ1) is 14.8. The van der Waals surface area contributed by atoms with Crippen molar-refractivity contribution in [2.24, 2.45) is 11.3 Å². The Hall–Kier alpha value is -1.50. The number of unbranched alkanes of at least 4 members (excludes halogenated alkanes) is 7. The lowest BCUT2D eigenvalue weighted by molar-refractivity contribution is -0.162. The standard InChI is InChI=1S/C24H42N2O4S/c1-6-9-10-11-12-13-14-15-17-19(20(27)30-5)26-22(29)24(8-3,18(4)16-7-2)21(28)25-23(26)31/h18-19H,6-17H2,1-5H3,(H,25,28,31). The van der Waals surface area contributed by atoms with Gasteiger partial charge in [0.15, 0.2) is 5.11 Å². The molecule has 0 spiro atoms. The molecular weight excluding hydrogens is 412 g/mol. The molecule has 2 amide bonds. The summed E-state index contributed by atoms with van der Waals surface area (Å²) in [6.45, 7) is 8.02. The Morgan fingerprint density at radius 1 is 1.00 bits per heavy atom. The lowest BCUT2D eigenvalue weighted by atomic mass is 9.69. The number of nitrogens with zero attached hydrogens (tertiary/aromatic N) is 1. The predicted octanol–water partition coefficient (Wildman–Crippen LogP) is 5.13. The summed E-state index contributed by atoms with van der Waals surface area (Å²) in [4.78, 5) is 40.6. The van der Waals surface area contributed by atoms with Gasteiger partial charge in [0.25, 0.3) is 0 Å². The average Bonchev–Trinajstić information content (AvgIpc) is 2.74. The minimum absolute atomic E-state index is 0.0118. The molecular formula is C24H42N2O4S. The van der Waals surface area contributed by atoms with Crippen LogP contribution in [0.1, 0.15) is 105 Å². The van der Waals surface area contributed by atoms with Gasteiger partial charge >= 0.3 is 5.97 Å². The van der Waals surface area contributed by atoms with E-state index in [2.05, 4.69) is 12.2 Å². The van der Waals surface area contributed by atoms with Crippen molar-refractivity contribution in [2.45, 2.75) is 111 Å². The number of carbonyl (C=O) groups is 3. The first-order valence-corrected chi connectivity index (χ1v) is 12.5. The van der Waals surface area contributed by atoms with Crippen LogP contribution in [0.5, 0.6) is 0 Å². The van der Waals surface area contributed by atoms with Crippen molar-refractivity contribution < 1.29 is 19.1 Å². The van der Waals surface area contributed by atoms with Gasteiger partial charge in [-0.15, -0.1) is 0 Å². The lowest BCUT2D eigenvalue weighted by Gasteiger charge is -2.45. The molecule has 1 heterocycles. The molecule has 0 saturated carbocycles. The number of amides is 2. The number of hydrogen-bond donors (Lipinski definition) is 1. The summed E-state index contributed by atoms with van der Waals surface area (Å²) in [5.74, 6) is -1.34. The highest BCUT2D eigenvalue weighted by atomic mass is 32.1. The summed E-state index contributed by atoms with van der Waals surface area (Å²) in [6, 6.07) is -0.801. The molecule has 0 bridgehead atoms. The van der Waals surface area contributed by atoms with Gasteiger partial charge in [-0.2, -0.15) is 0 Å². The van der Waals surface area contributed by atoms with E-state index < -0.39 is 17.4 Å². The number of nitrogens with one attached hydrogen (secondary N) is 1. The summed E-state index contributed by atoms with van der Waals surface area (Å²) >= 11 is 5.35. The van der Waals surface area contributed by atoms with E-state index in [9.17, 15) is 14.4 Å². The predicted molar refractivity (Wildman–Crippen MR) is 127 cm³/mol. The van der Waals surface area contributed by atoms with Crippen LogP contribution in [0.25, 0.3) is 0 Å². The van der Waals surface area contributed by atoms with Crippen LogP contribution in [0, 0.1) is 11.3 Å². The molecule has 1 fully saturated rings. The zero-order valence-electron chi connectivity index (χ0n) is 20.1. The summed E-state index contributed by atoms with van der Waals surface area (Å²) in [6.07, 6.45) is 11.6. The van der Waals surface area contributed by atoms with Crippen molar-refractivity contribution in [2.75, 3.05) is 7.11 Å². The number of ether oxygens (including phenoxy) is 1. The molecule has 0 radical (unpaired) electrons. The molecule has 6 nitrogen and oxygen atoms in total. The highest BCUT2D eigenvalue weighted by Gasteiger charge is 2.56. The lowest BCUT2D eigenvalue weighted by Crippen LogP contribution is -2.68. The van der Waals surface area contributed by atoms with Gasteiger partial charge < -0.3 is 10.1 Å². The van der Waals surface area contributed by atoms with Crippen molar-refractivity contribution in [3.63, 3.8) is 0 Å². The molecule has 0 aromatic rings. The molecule has 0 aromatic heterocycles. The van der Waals surface area contributed by atoms with E-state index >= 15 is 0 Å². The maximum absolute atomic E-state index is 13.7. The number of carbonyl (C=O) groups excluding carboxylic acids is 3. The molecule has 1 aliphatic heterocycles. The number of thiocarbonyl (C=S) groups is 1. The van der Waals surface area contributed by atoms with Crippen LogP contribution in [-0.2, 0) is 19.1 Å². The highest BCUT2D eigenvalue weighted by molar-refractivity contribution is 7.80. The van der Waals surface area contributed by atoms with Crippen LogP contribution < -0.4 is 5.32 Å². The van der Waals surface area contributed by atoms with Crippen molar-refractivity contribution in [1.82, 2.24) is 10.2 Å². The van der Waals surface area contributed by atoms with Crippen molar-refractivity contribution in [3.05, 3.63) is 0 Å². The maximum atomic E-state index is 13.7. The fourth-order valence-electron chi connectivity index (χ4n) is 4.69. The topological polar surface area (TPSA) is 75.7 Å². The second kappa shape index (κ2) is 13.8. The van der Waals surface area contributed by atoms with Crippen LogP contribution in [-0.4, -0.2) is 40.9 Å². The molecule has 31 heavy (non-hydrogen) atoms. The normalized spacial score (nSPS) is 21.1. The minimum Gasteiger partial charge on any atom is -0.467 e. The molecule has 3 atom stereocenters. The summed E-state index contributed by atoms with van der Waals surface area (Å²) in [5, 5.41) is 2.73. The first-order valence-electron chi connectivity index (χ1n) is 12.1. The number of esters is 1. The Bertz CT molecular complexity index is 625. The molecule has 0 aliphatic carbocycles. The van der Waals surface area contributed by atoms with E-state index in [-0.39, 0.29) is 22.8 Å². The van der Waals surface area contributed by atoms with Crippen molar-refractivity contribution in [1.29, 1.82) is 0 Å². The molecule has 1 N–H and O–H groups in total. The summed E-state index contributed by atoms with van der Waals surface area (Å²) in [7, 11) is 1.33. The van der Waals surface area contributed by atoms with Crippen LogP contribution >= 0.6 is 12.2 Å². The monoisotopic (exact) mass is 454 g/mol. The fraction of sp³-hybridized carbons (Fsp3) is 0.833. The summed E-state index contributed by atoms with van der Waals surface area (Å²) in [5.41, 5.74) is -1.20. The van der Waals surface area contributed by atoms with Gasteiger partial charge in [-0.05, 0) is 37.4 Å². The van der Waals surface area contributed by atoms with Crippen molar-refractivity contribution >= 4 is 35.1 Å². The van der Waals surface area contributed by atoms with E-state index in [4.69, 9.17) is 17.0 Å². The van der Waals surface area contributed by atoms with Crippen LogP contribution in [0.4, 0.5) is 0 Å². The van der Waals surface area contributed by atoms with Crippen LogP contribution in [0.2, 0.25) is 0 Å². The van der Waals surface area contributed by atoms with Gasteiger partial charge in [-0.1, -0.05) is 85.5 Å². The van der Waals surface area contributed by atoms with E-state index in [1.54, 1.807) is 0 Å². The third kappa shape index (κ3) is 6.74. The smallest absolute Gasteiger partial charge is 0.329 e. The van der Waals surface area contributed by atoms with Gasteiger partial charge in [0.1, 0.15) is 11.5 Å². The SMILES string of the molecule is CCCCCCCCCCC(C(=O)OC)N1C(=O)C(CC)(C(C)CCC)C(=O)NC1=S. The second-order valence-corrected chi connectivity index (χ2v) is 9.14. The maximum Gasteiger partial charge on any atom is 0.329 e. The average molecular weight is 455 g/mol. The molecule has 0 aromatic carbocycles. The molecule has 3 unspecified atom stereocenters. The number of hydrogen-bond acceptors (Lipinski definition) is 5. The Morgan fingerprint density at radius 2 is 1.58 bits per heavy atom. The van der Waals surface area contributed by atoms with Gasteiger partial charge in [0, 0.05) is 0 Å². The second-order valence-electron chi connectivity index (χ2n) is 8.75. The number of rotatable bonds is 15. The third-order valence-electron chi connectivity index (χ3n) is 6.68. The Balaban J connectivity index is 2.94. The molecule has 178 valence electrons. The Labute approximate surface area is 193 Å². The van der Waals surface area contributed by atoms with E-state index in [1.807, 2.05) is 20.8 Å². The van der Waals surface area contributed by atoms with E-state index in [0.717, 1.165) is 32.1 Å². The highest BCUT2D eigenvalue weighted by Crippen LogP contribution is 2.40. The molecule has 1 rings (SSSR count). The zero-order valence-corrected chi connectivity index (χ0v) is 20.9. The molecule has 7 heteroatoms. The van der Waals surface area contributed by atoms with Gasteiger partial charge in [0.2, 0.25) is 11.8 Å². The molecule has 1 saturated heterocycles. The van der Waals surface area contributed by atoms with Crippen LogP contribution in [0.3, 0.4) is 0 Å². The molecule has 1 aliphatic rings. The van der Waals surface area contributed by atoms with E-state index in [0.29, 0.717) is 12.8 Å². The fourth-order valence-corrected chi connectivity index (χ4v) is 4.99. The Morgan fingerprint density at radius 3 is 2.10 bits per heavy atom. The van der Waals surface area contributed by atoms with E-state index in [1.165, 1.54) is 44.1 Å². The number of methoxy groups -OCH3 is 1. The minimum atomic E-state index is -1.20. The van der Waals surface area contributed by atoms with Gasteiger partial charge in [-0.25, -0.2) is 4.79 Å². The zero-order chi connectivity index (χ0) is 23.4. The largest absolute Gasteiger partial charge is 0.467 e. The first kappa shape index (κ1) is 27.5. The summed E-state index contributed by atoms with van der Waals surface area (Å²) < 4.78 is 5.02. The van der Waals surface area contributed by atoms with Crippen molar-refractivity contribution in [3.8, 4) is 0 Å². The van der Waals surface area contributed by atoms with Gasteiger partial charge in [0.05, 0.1) is 7.11 Å². The van der Waals surface area contributed by atoms with Gasteiger partial charge in [-0.3, -0.25) is 14.5 Å².